The van der Waals surface area contributed by atoms with E-state index in [1.54, 1.807) is 0 Å². The summed E-state index contributed by atoms with van der Waals surface area (Å²) in [6.45, 7) is 2.57. The van der Waals surface area contributed by atoms with Crippen LogP contribution in [-0.2, 0) is 12.8 Å². The van der Waals surface area contributed by atoms with E-state index in [0.717, 1.165) is 18.4 Å². The van der Waals surface area contributed by atoms with Crippen LogP contribution in [0.2, 0.25) is 0 Å². The van der Waals surface area contributed by atoms with Crippen LogP contribution in [0.15, 0.2) is 18.2 Å². The molecule has 4 heteroatoms. The maximum absolute atomic E-state index is 12.4. The van der Waals surface area contributed by atoms with Crippen LogP contribution in [0.4, 0.5) is 0 Å². The number of nitrogens with one attached hydrogen (secondary N) is 1. The average molecular weight is 295 g/mol. The van der Waals surface area contributed by atoms with Gasteiger partial charge in [-0.2, -0.15) is 0 Å². The molecule has 3 rings (SSSR count). The van der Waals surface area contributed by atoms with Gasteiger partial charge in [-0.15, -0.1) is 12.4 Å². The number of rotatable bonds is 4. The number of nitrogens with two attached hydrogens (primary N) is 1. The lowest BCUT2D eigenvalue weighted by atomic mass is 9.95. The largest absolute Gasteiger partial charge is 0.345 e. The number of carbonyl (C=O) groups is 1. The van der Waals surface area contributed by atoms with Crippen LogP contribution < -0.4 is 11.1 Å². The van der Waals surface area contributed by atoms with E-state index < -0.39 is 0 Å². The van der Waals surface area contributed by atoms with Crippen LogP contribution in [0.1, 0.15) is 47.7 Å². The summed E-state index contributed by atoms with van der Waals surface area (Å²) in [6, 6.07) is 6.11. The van der Waals surface area contributed by atoms with Crippen LogP contribution in [0.5, 0.6) is 0 Å². The van der Waals surface area contributed by atoms with Gasteiger partial charge in [-0.05, 0) is 68.2 Å². The normalized spacial score (nSPS) is 19.7. The van der Waals surface area contributed by atoms with Crippen molar-refractivity contribution < 1.29 is 4.79 Å². The summed E-state index contributed by atoms with van der Waals surface area (Å²) >= 11 is 0. The molecule has 0 radical (unpaired) electrons. The van der Waals surface area contributed by atoms with Gasteiger partial charge in [0.1, 0.15) is 0 Å². The molecule has 0 saturated heterocycles. The van der Waals surface area contributed by atoms with E-state index in [9.17, 15) is 4.79 Å². The van der Waals surface area contributed by atoms with Crippen molar-refractivity contribution in [2.75, 3.05) is 6.54 Å². The third-order valence-corrected chi connectivity index (χ3v) is 4.66. The molecular weight excluding hydrogens is 272 g/mol. The fraction of sp³-hybridized carbons (Fsp3) is 0.562. The van der Waals surface area contributed by atoms with Crippen molar-refractivity contribution in [2.24, 2.45) is 11.7 Å². The molecule has 1 saturated carbocycles. The zero-order valence-electron chi connectivity index (χ0n) is 11.9. The summed E-state index contributed by atoms with van der Waals surface area (Å²) in [4.78, 5) is 12.4. The summed E-state index contributed by atoms with van der Waals surface area (Å²) in [5.41, 5.74) is 9.13. The molecule has 0 heterocycles. The highest BCUT2D eigenvalue weighted by atomic mass is 35.5. The SMILES string of the molecule is CC(CN)(NC(=O)c1ccc2c(c1)CCC2)C1CC1.Cl. The average Bonchev–Trinajstić information content (AvgIpc) is 3.17. The zero-order valence-corrected chi connectivity index (χ0v) is 12.8. The first-order chi connectivity index (χ1) is 9.12. The van der Waals surface area contributed by atoms with Crippen molar-refractivity contribution in [1.29, 1.82) is 0 Å². The Bertz CT molecular complexity index is 513. The number of hydrogen-bond donors (Lipinski definition) is 2. The molecule has 1 fully saturated rings. The molecule has 110 valence electrons. The number of hydrogen-bond acceptors (Lipinski definition) is 2. The molecule has 0 bridgehead atoms. The van der Waals surface area contributed by atoms with Gasteiger partial charge in [-0.3, -0.25) is 4.79 Å². The lowest BCUT2D eigenvalue weighted by molar-refractivity contribution is 0.0897. The molecule has 2 aliphatic rings. The highest BCUT2D eigenvalue weighted by Gasteiger charge is 2.41. The summed E-state index contributed by atoms with van der Waals surface area (Å²) in [5.74, 6) is 0.574. The number of amides is 1. The summed E-state index contributed by atoms with van der Waals surface area (Å²) in [6.07, 6.45) is 5.83. The van der Waals surface area contributed by atoms with Gasteiger partial charge in [0.05, 0.1) is 5.54 Å². The Morgan fingerprint density at radius 1 is 1.35 bits per heavy atom. The van der Waals surface area contributed by atoms with E-state index in [0.29, 0.717) is 12.5 Å². The highest BCUT2D eigenvalue weighted by Crippen LogP contribution is 2.39. The van der Waals surface area contributed by atoms with Crippen LogP contribution in [0.25, 0.3) is 0 Å². The van der Waals surface area contributed by atoms with Crippen molar-refractivity contribution in [3.63, 3.8) is 0 Å². The van der Waals surface area contributed by atoms with Gasteiger partial charge in [0.15, 0.2) is 0 Å². The lowest BCUT2D eigenvalue weighted by Crippen LogP contribution is -2.53. The maximum atomic E-state index is 12.4. The Morgan fingerprint density at radius 2 is 2.05 bits per heavy atom. The molecule has 1 aromatic rings. The van der Waals surface area contributed by atoms with E-state index in [2.05, 4.69) is 24.4 Å². The van der Waals surface area contributed by atoms with Gasteiger partial charge in [-0.1, -0.05) is 6.07 Å². The van der Waals surface area contributed by atoms with E-state index in [4.69, 9.17) is 5.73 Å². The Labute approximate surface area is 126 Å². The number of halogens is 1. The Balaban J connectivity index is 0.00000147. The van der Waals surface area contributed by atoms with Crippen LogP contribution in [0.3, 0.4) is 0 Å². The van der Waals surface area contributed by atoms with Gasteiger partial charge >= 0.3 is 0 Å². The maximum Gasteiger partial charge on any atom is 0.251 e. The first kappa shape index (κ1) is 15.3. The van der Waals surface area contributed by atoms with E-state index in [1.807, 2.05) is 6.07 Å². The first-order valence-electron chi connectivity index (χ1n) is 7.27. The monoisotopic (exact) mass is 294 g/mol. The number of benzene rings is 1. The van der Waals surface area contributed by atoms with E-state index in [1.165, 1.54) is 30.4 Å². The van der Waals surface area contributed by atoms with Crippen molar-refractivity contribution in [3.8, 4) is 0 Å². The smallest absolute Gasteiger partial charge is 0.251 e. The molecule has 1 amide bonds. The Hall–Kier alpha value is -1.06. The molecule has 0 aliphatic heterocycles. The fourth-order valence-electron chi connectivity index (χ4n) is 3.08. The van der Waals surface area contributed by atoms with Gasteiger partial charge in [0, 0.05) is 12.1 Å². The quantitative estimate of drug-likeness (QED) is 0.896. The first-order valence-corrected chi connectivity index (χ1v) is 7.27. The summed E-state index contributed by atoms with van der Waals surface area (Å²) in [5, 5.41) is 3.15. The molecular formula is C16H23ClN2O. The number of fused-ring (bicyclic) bond motifs is 1. The van der Waals surface area contributed by atoms with Crippen LogP contribution >= 0.6 is 12.4 Å². The second kappa shape index (κ2) is 5.74. The molecule has 1 atom stereocenters. The molecule has 1 unspecified atom stereocenters. The van der Waals surface area contributed by atoms with E-state index in [-0.39, 0.29) is 23.9 Å². The minimum atomic E-state index is -0.240. The minimum Gasteiger partial charge on any atom is -0.345 e. The van der Waals surface area contributed by atoms with Crippen LogP contribution in [0, 0.1) is 5.92 Å². The molecule has 3 N–H and O–H groups in total. The third kappa shape index (κ3) is 2.84. The number of aryl methyl sites for hydroxylation is 2. The van der Waals surface area contributed by atoms with Crippen molar-refractivity contribution in [3.05, 3.63) is 34.9 Å². The van der Waals surface area contributed by atoms with Crippen molar-refractivity contribution in [2.45, 2.75) is 44.6 Å². The fourth-order valence-corrected chi connectivity index (χ4v) is 3.08. The van der Waals surface area contributed by atoms with E-state index >= 15 is 0 Å². The molecule has 20 heavy (non-hydrogen) atoms. The minimum absolute atomic E-state index is 0. The molecule has 1 aromatic carbocycles. The van der Waals surface area contributed by atoms with Gasteiger partial charge in [0.2, 0.25) is 0 Å². The predicted molar refractivity (Wildman–Crippen MR) is 83.4 cm³/mol. The topological polar surface area (TPSA) is 55.1 Å². The molecule has 0 spiro atoms. The second-order valence-corrected chi connectivity index (χ2v) is 6.19. The predicted octanol–water partition coefficient (Wildman–Crippen LogP) is 2.45. The Morgan fingerprint density at radius 3 is 2.70 bits per heavy atom. The standard InChI is InChI=1S/C16H22N2O.ClH/c1-16(10-17,14-7-8-14)18-15(19)13-6-5-11-3-2-4-12(11)9-13;/h5-6,9,14H,2-4,7-8,10,17H2,1H3,(H,18,19);1H. The Kier molecular flexibility index (Phi) is 4.40. The summed E-state index contributed by atoms with van der Waals surface area (Å²) in [7, 11) is 0. The van der Waals surface area contributed by atoms with Crippen LogP contribution in [-0.4, -0.2) is 18.0 Å². The number of carbonyl (C=O) groups excluding carboxylic acids is 1. The molecule has 2 aliphatic carbocycles. The van der Waals surface area contributed by atoms with Crippen molar-refractivity contribution >= 4 is 18.3 Å². The summed E-state index contributed by atoms with van der Waals surface area (Å²) < 4.78 is 0. The zero-order chi connectivity index (χ0) is 13.5. The van der Waals surface area contributed by atoms with Gasteiger partial charge < -0.3 is 11.1 Å². The molecule has 3 nitrogen and oxygen atoms in total. The highest BCUT2D eigenvalue weighted by molar-refractivity contribution is 5.95. The molecule has 0 aromatic heterocycles. The van der Waals surface area contributed by atoms with Gasteiger partial charge in [-0.25, -0.2) is 0 Å². The lowest BCUT2D eigenvalue weighted by Gasteiger charge is -2.29. The third-order valence-electron chi connectivity index (χ3n) is 4.66. The van der Waals surface area contributed by atoms with Gasteiger partial charge in [0.25, 0.3) is 5.91 Å². The second-order valence-electron chi connectivity index (χ2n) is 6.19. The van der Waals surface area contributed by atoms with Crippen molar-refractivity contribution in [1.82, 2.24) is 5.32 Å².